The molecule has 1 amide bonds. The Morgan fingerprint density at radius 1 is 1.33 bits per heavy atom. The summed E-state index contributed by atoms with van der Waals surface area (Å²) in [5.74, 6) is -1.16. The van der Waals surface area contributed by atoms with Gasteiger partial charge in [0.05, 0.1) is 12.5 Å². The van der Waals surface area contributed by atoms with Gasteiger partial charge in [0.2, 0.25) is 5.91 Å². The van der Waals surface area contributed by atoms with Crippen LogP contribution in [-0.2, 0) is 20.7 Å². The molecule has 1 aliphatic rings. The quantitative estimate of drug-likeness (QED) is 0.790. The molecule has 0 saturated carbocycles. The van der Waals surface area contributed by atoms with Crippen molar-refractivity contribution in [3.63, 3.8) is 0 Å². The van der Waals surface area contributed by atoms with E-state index in [-0.39, 0.29) is 18.4 Å². The van der Waals surface area contributed by atoms with Crippen molar-refractivity contribution >= 4 is 11.9 Å². The molecule has 6 nitrogen and oxygen atoms in total. The van der Waals surface area contributed by atoms with Gasteiger partial charge in [-0.25, -0.2) is 0 Å². The number of hydrogen-bond acceptors (Lipinski definition) is 4. The first-order valence-corrected chi connectivity index (χ1v) is 7.15. The standard InChI is InChI=1S/C15H20N2O4/c18-14(17-8-4-12(5-9-17)15(19)20)11-21-10-6-13-3-1-2-7-16-13/h1-3,7,12H,4-6,8-11H2,(H,19,20). The van der Waals surface area contributed by atoms with E-state index in [0.29, 0.717) is 39.0 Å². The molecule has 0 aliphatic carbocycles. The van der Waals surface area contributed by atoms with Crippen LogP contribution in [0.4, 0.5) is 0 Å². The summed E-state index contributed by atoms with van der Waals surface area (Å²) in [7, 11) is 0. The number of aromatic nitrogens is 1. The van der Waals surface area contributed by atoms with Crippen molar-refractivity contribution in [3.8, 4) is 0 Å². The third-order valence-electron chi connectivity index (χ3n) is 3.65. The molecule has 1 aromatic heterocycles. The Bertz CT molecular complexity index is 470. The van der Waals surface area contributed by atoms with Gasteiger partial charge in [0.15, 0.2) is 0 Å². The maximum atomic E-state index is 11.9. The van der Waals surface area contributed by atoms with Gasteiger partial charge in [-0.3, -0.25) is 14.6 Å². The molecule has 6 heteroatoms. The second-order valence-corrected chi connectivity index (χ2v) is 5.12. The number of likely N-dealkylation sites (tertiary alicyclic amines) is 1. The lowest BCUT2D eigenvalue weighted by molar-refractivity contribution is -0.146. The van der Waals surface area contributed by atoms with E-state index in [1.807, 2.05) is 18.2 Å². The fourth-order valence-corrected chi connectivity index (χ4v) is 2.35. The van der Waals surface area contributed by atoms with E-state index >= 15 is 0 Å². The average Bonchev–Trinajstić information content (AvgIpc) is 2.52. The number of carbonyl (C=O) groups is 2. The van der Waals surface area contributed by atoms with Crippen LogP contribution in [0.1, 0.15) is 18.5 Å². The van der Waals surface area contributed by atoms with Crippen LogP contribution in [0.25, 0.3) is 0 Å². The minimum atomic E-state index is -0.770. The summed E-state index contributed by atoms with van der Waals surface area (Å²) >= 11 is 0. The zero-order valence-corrected chi connectivity index (χ0v) is 11.9. The number of carboxylic acids is 1. The molecule has 0 spiro atoms. The van der Waals surface area contributed by atoms with Crippen LogP contribution in [0, 0.1) is 5.92 Å². The minimum absolute atomic E-state index is 0.0462. The minimum Gasteiger partial charge on any atom is -0.481 e. The number of pyridine rings is 1. The van der Waals surface area contributed by atoms with E-state index < -0.39 is 5.97 Å². The number of carboxylic acid groups (broad SMARTS) is 1. The maximum Gasteiger partial charge on any atom is 0.306 e. The Morgan fingerprint density at radius 2 is 2.10 bits per heavy atom. The van der Waals surface area contributed by atoms with Crippen LogP contribution in [0.5, 0.6) is 0 Å². The fourth-order valence-electron chi connectivity index (χ4n) is 2.35. The highest BCUT2D eigenvalue weighted by Gasteiger charge is 2.26. The third-order valence-corrected chi connectivity index (χ3v) is 3.65. The Kier molecular flexibility index (Phi) is 5.68. The predicted octanol–water partition coefficient (Wildman–Crippen LogP) is 0.964. The summed E-state index contributed by atoms with van der Waals surface area (Å²) in [6.45, 7) is 1.50. The molecule has 1 aromatic rings. The van der Waals surface area contributed by atoms with Gasteiger partial charge in [-0.05, 0) is 25.0 Å². The Hall–Kier alpha value is -1.95. The summed E-state index contributed by atoms with van der Waals surface area (Å²) < 4.78 is 5.38. The number of carbonyl (C=O) groups excluding carboxylic acids is 1. The molecular formula is C15H20N2O4. The molecule has 1 fully saturated rings. The number of amides is 1. The van der Waals surface area contributed by atoms with Crippen molar-refractivity contribution < 1.29 is 19.4 Å². The van der Waals surface area contributed by atoms with Gasteiger partial charge in [-0.2, -0.15) is 0 Å². The van der Waals surface area contributed by atoms with Crippen molar-refractivity contribution in [2.75, 3.05) is 26.3 Å². The summed E-state index contributed by atoms with van der Waals surface area (Å²) in [6, 6.07) is 5.69. The molecule has 0 aromatic carbocycles. The largest absolute Gasteiger partial charge is 0.481 e. The lowest BCUT2D eigenvalue weighted by Gasteiger charge is -2.30. The molecule has 1 aliphatic heterocycles. The molecule has 0 atom stereocenters. The Labute approximate surface area is 123 Å². The van der Waals surface area contributed by atoms with Crippen molar-refractivity contribution in [3.05, 3.63) is 30.1 Å². The molecule has 2 rings (SSSR count). The van der Waals surface area contributed by atoms with Crippen molar-refractivity contribution in [2.45, 2.75) is 19.3 Å². The first-order chi connectivity index (χ1) is 10.2. The Morgan fingerprint density at radius 3 is 2.71 bits per heavy atom. The zero-order valence-electron chi connectivity index (χ0n) is 11.9. The van der Waals surface area contributed by atoms with Crippen molar-refractivity contribution in [2.24, 2.45) is 5.92 Å². The van der Waals surface area contributed by atoms with Gasteiger partial charge in [0.1, 0.15) is 6.61 Å². The highest BCUT2D eigenvalue weighted by atomic mass is 16.5. The molecule has 1 saturated heterocycles. The summed E-state index contributed by atoms with van der Waals surface area (Å²) in [5.41, 5.74) is 0.937. The normalized spacial score (nSPS) is 15.9. The molecule has 2 heterocycles. The lowest BCUT2D eigenvalue weighted by Crippen LogP contribution is -2.42. The summed E-state index contributed by atoms with van der Waals surface area (Å²) in [4.78, 5) is 28.6. The maximum absolute atomic E-state index is 11.9. The van der Waals surface area contributed by atoms with E-state index in [1.54, 1.807) is 11.1 Å². The molecular weight excluding hydrogens is 272 g/mol. The van der Waals surface area contributed by atoms with Crippen LogP contribution < -0.4 is 0 Å². The van der Waals surface area contributed by atoms with Crippen LogP contribution in [0.3, 0.4) is 0 Å². The third kappa shape index (κ3) is 4.82. The van der Waals surface area contributed by atoms with Gasteiger partial charge < -0.3 is 14.7 Å². The van der Waals surface area contributed by atoms with Gasteiger partial charge >= 0.3 is 5.97 Å². The average molecular weight is 292 g/mol. The number of aliphatic carboxylic acids is 1. The topological polar surface area (TPSA) is 79.7 Å². The molecule has 0 radical (unpaired) electrons. The highest BCUT2D eigenvalue weighted by Crippen LogP contribution is 2.17. The SMILES string of the molecule is O=C(O)C1CCN(C(=O)COCCc2ccccn2)CC1. The smallest absolute Gasteiger partial charge is 0.306 e. The number of piperidine rings is 1. The van der Waals surface area contributed by atoms with Gasteiger partial charge in [0, 0.05) is 31.4 Å². The highest BCUT2D eigenvalue weighted by molar-refractivity contribution is 5.78. The summed E-state index contributed by atoms with van der Waals surface area (Å²) in [5, 5.41) is 8.91. The van der Waals surface area contributed by atoms with Crippen molar-refractivity contribution in [1.29, 1.82) is 0 Å². The molecule has 1 N–H and O–H groups in total. The first-order valence-electron chi connectivity index (χ1n) is 7.15. The fraction of sp³-hybridized carbons (Fsp3) is 0.533. The lowest BCUT2D eigenvalue weighted by atomic mass is 9.97. The van der Waals surface area contributed by atoms with Crippen LogP contribution in [0.2, 0.25) is 0 Å². The van der Waals surface area contributed by atoms with E-state index in [4.69, 9.17) is 9.84 Å². The van der Waals surface area contributed by atoms with Crippen LogP contribution in [0.15, 0.2) is 24.4 Å². The van der Waals surface area contributed by atoms with Crippen LogP contribution in [-0.4, -0.2) is 53.2 Å². The zero-order chi connectivity index (χ0) is 15.1. The van der Waals surface area contributed by atoms with Crippen LogP contribution >= 0.6 is 0 Å². The molecule has 0 unspecified atom stereocenters. The molecule has 0 bridgehead atoms. The van der Waals surface area contributed by atoms with E-state index in [2.05, 4.69) is 4.98 Å². The van der Waals surface area contributed by atoms with Gasteiger partial charge in [-0.1, -0.05) is 6.07 Å². The Balaban J connectivity index is 1.63. The van der Waals surface area contributed by atoms with Crippen molar-refractivity contribution in [1.82, 2.24) is 9.88 Å². The van der Waals surface area contributed by atoms with E-state index in [0.717, 1.165) is 5.69 Å². The number of hydrogen-bond donors (Lipinski definition) is 1. The second-order valence-electron chi connectivity index (χ2n) is 5.12. The molecule has 21 heavy (non-hydrogen) atoms. The second kappa shape index (κ2) is 7.73. The number of ether oxygens (including phenoxy) is 1. The van der Waals surface area contributed by atoms with Gasteiger partial charge in [0.25, 0.3) is 0 Å². The predicted molar refractivity (Wildman–Crippen MR) is 75.7 cm³/mol. The monoisotopic (exact) mass is 292 g/mol. The first kappa shape index (κ1) is 15.4. The van der Waals surface area contributed by atoms with E-state index in [1.165, 1.54) is 0 Å². The molecule has 114 valence electrons. The number of nitrogens with zero attached hydrogens (tertiary/aromatic N) is 2. The summed E-state index contributed by atoms with van der Waals surface area (Å²) in [6.07, 6.45) is 3.45. The number of rotatable bonds is 6. The van der Waals surface area contributed by atoms with Gasteiger partial charge in [-0.15, -0.1) is 0 Å². The van der Waals surface area contributed by atoms with E-state index in [9.17, 15) is 9.59 Å².